The summed E-state index contributed by atoms with van der Waals surface area (Å²) in [6.45, 7) is 0. The highest BCUT2D eigenvalue weighted by Gasteiger charge is 2.41. The van der Waals surface area contributed by atoms with E-state index in [4.69, 9.17) is 11.6 Å². The Morgan fingerprint density at radius 2 is 1.56 bits per heavy atom. The van der Waals surface area contributed by atoms with E-state index >= 15 is 0 Å². The van der Waals surface area contributed by atoms with Gasteiger partial charge >= 0.3 is 6.18 Å². The minimum absolute atomic E-state index is 0.255. The number of rotatable bonds is 2. The van der Waals surface area contributed by atoms with Crippen molar-refractivity contribution >= 4 is 11.6 Å². The van der Waals surface area contributed by atoms with Crippen molar-refractivity contribution < 1.29 is 13.2 Å². The van der Waals surface area contributed by atoms with E-state index in [1.165, 1.54) is 0 Å². The van der Waals surface area contributed by atoms with Crippen LogP contribution in [-0.2, 0) is 5.88 Å². The zero-order chi connectivity index (χ0) is 13.2. The molecular formula is C14H16ClF3. The van der Waals surface area contributed by atoms with Gasteiger partial charge in [0.05, 0.1) is 5.92 Å². The second kappa shape index (κ2) is 5.52. The van der Waals surface area contributed by atoms with Gasteiger partial charge in [0.1, 0.15) is 0 Å². The normalized spacial score (nSPS) is 25.1. The number of hydrogen-bond donors (Lipinski definition) is 0. The van der Waals surface area contributed by atoms with Crippen LogP contribution >= 0.6 is 11.6 Å². The van der Waals surface area contributed by atoms with Gasteiger partial charge in [-0.3, -0.25) is 0 Å². The van der Waals surface area contributed by atoms with Gasteiger partial charge < -0.3 is 0 Å². The topological polar surface area (TPSA) is 0 Å². The maximum absolute atomic E-state index is 12.6. The van der Waals surface area contributed by atoms with Gasteiger partial charge in [0, 0.05) is 5.88 Å². The third-order valence-electron chi connectivity index (χ3n) is 3.80. The van der Waals surface area contributed by atoms with Crippen LogP contribution in [0.5, 0.6) is 0 Å². The standard InChI is InChI=1S/C14H16ClF3/c15-9-10-1-3-11(4-2-10)12-5-7-13(8-6-12)14(16,17)18/h1-4,12-13H,5-9H2. The van der Waals surface area contributed by atoms with Crippen molar-refractivity contribution in [1.82, 2.24) is 0 Å². The summed E-state index contributed by atoms with van der Waals surface area (Å²) in [5.41, 5.74) is 2.19. The van der Waals surface area contributed by atoms with Crippen LogP contribution in [-0.4, -0.2) is 6.18 Å². The van der Waals surface area contributed by atoms with E-state index < -0.39 is 12.1 Å². The molecule has 100 valence electrons. The van der Waals surface area contributed by atoms with Crippen molar-refractivity contribution in [2.45, 2.75) is 43.7 Å². The Morgan fingerprint density at radius 3 is 2.00 bits per heavy atom. The highest BCUT2D eigenvalue weighted by molar-refractivity contribution is 6.17. The SMILES string of the molecule is FC(F)(F)C1CCC(c2ccc(CCl)cc2)CC1. The number of alkyl halides is 4. The Balaban J connectivity index is 1.96. The molecule has 1 fully saturated rings. The van der Waals surface area contributed by atoms with Crippen LogP contribution in [0.15, 0.2) is 24.3 Å². The van der Waals surface area contributed by atoms with Gasteiger partial charge in [-0.2, -0.15) is 13.2 Å². The highest BCUT2D eigenvalue weighted by Crippen LogP contribution is 2.42. The summed E-state index contributed by atoms with van der Waals surface area (Å²) in [5, 5.41) is 0. The van der Waals surface area contributed by atoms with Gasteiger partial charge in [0.25, 0.3) is 0 Å². The highest BCUT2D eigenvalue weighted by atomic mass is 35.5. The van der Waals surface area contributed by atoms with Gasteiger partial charge in [0.2, 0.25) is 0 Å². The first kappa shape index (κ1) is 13.7. The lowest BCUT2D eigenvalue weighted by Crippen LogP contribution is -2.27. The Morgan fingerprint density at radius 1 is 1.00 bits per heavy atom. The zero-order valence-electron chi connectivity index (χ0n) is 10.0. The molecule has 0 amide bonds. The van der Waals surface area contributed by atoms with Crippen molar-refractivity contribution in [3.8, 4) is 0 Å². The fraction of sp³-hybridized carbons (Fsp3) is 0.571. The Hall–Kier alpha value is -0.700. The first-order valence-electron chi connectivity index (χ1n) is 6.22. The molecule has 0 radical (unpaired) electrons. The van der Waals surface area contributed by atoms with Crippen LogP contribution in [0.3, 0.4) is 0 Å². The molecule has 1 saturated carbocycles. The number of benzene rings is 1. The number of hydrogen-bond acceptors (Lipinski definition) is 0. The molecule has 18 heavy (non-hydrogen) atoms. The van der Waals surface area contributed by atoms with E-state index in [0.29, 0.717) is 18.7 Å². The van der Waals surface area contributed by atoms with Crippen molar-refractivity contribution in [2.24, 2.45) is 5.92 Å². The molecule has 0 unspecified atom stereocenters. The van der Waals surface area contributed by atoms with Gasteiger partial charge in [-0.15, -0.1) is 11.6 Å². The summed E-state index contributed by atoms with van der Waals surface area (Å²) < 4.78 is 37.7. The molecule has 4 heteroatoms. The zero-order valence-corrected chi connectivity index (χ0v) is 10.8. The Labute approximate surface area is 110 Å². The molecule has 1 aliphatic rings. The molecule has 0 atom stereocenters. The van der Waals surface area contributed by atoms with E-state index in [0.717, 1.165) is 11.1 Å². The van der Waals surface area contributed by atoms with Crippen LogP contribution < -0.4 is 0 Å². The molecule has 0 nitrogen and oxygen atoms in total. The van der Waals surface area contributed by atoms with Crippen molar-refractivity contribution in [2.75, 3.05) is 0 Å². The van der Waals surface area contributed by atoms with Crippen LogP contribution in [0.1, 0.15) is 42.7 Å². The van der Waals surface area contributed by atoms with Gasteiger partial charge in [0.15, 0.2) is 0 Å². The fourth-order valence-electron chi connectivity index (χ4n) is 2.63. The summed E-state index contributed by atoms with van der Waals surface area (Å²) in [5.74, 6) is -0.356. The molecule has 1 aromatic rings. The van der Waals surface area contributed by atoms with Crippen LogP contribution in [0.25, 0.3) is 0 Å². The van der Waals surface area contributed by atoms with Crippen LogP contribution in [0.4, 0.5) is 13.2 Å². The lowest BCUT2D eigenvalue weighted by molar-refractivity contribution is -0.182. The molecule has 0 heterocycles. The predicted molar refractivity (Wildman–Crippen MR) is 66.8 cm³/mol. The van der Waals surface area contributed by atoms with Gasteiger partial charge in [-0.05, 0) is 42.7 Å². The van der Waals surface area contributed by atoms with E-state index in [-0.39, 0.29) is 18.8 Å². The maximum atomic E-state index is 12.6. The average molecular weight is 277 g/mol. The second-order valence-electron chi connectivity index (χ2n) is 4.97. The smallest absolute Gasteiger partial charge is 0.171 e. The molecule has 0 bridgehead atoms. The fourth-order valence-corrected chi connectivity index (χ4v) is 2.81. The monoisotopic (exact) mass is 276 g/mol. The Bertz CT molecular complexity index is 375. The summed E-state index contributed by atoms with van der Waals surface area (Å²) >= 11 is 5.71. The average Bonchev–Trinajstić information content (AvgIpc) is 2.38. The molecule has 0 spiro atoms. The largest absolute Gasteiger partial charge is 0.391 e. The molecule has 0 aliphatic heterocycles. The summed E-state index contributed by atoms with van der Waals surface area (Å²) in [4.78, 5) is 0. The molecule has 0 saturated heterocycles. The Kier molecular flexibility index (Phi) is 4.21. The van der Waals surface area contributed by atoms with Crippen molar-refractivity contribution in [3.05, 3.63) is 35.4 Å². The summed E-state index contributed by atoms with van der Waals surface area (Å²) in [7, 11) is 0. The molecule has 1 aromatic carbocycles. The lowest BCUT2D eigenvalue weighted by Gasteiger charge is -2.30. The summed E-state index contributed by atoms with van der Waals surface area (Å²) in [6.07, 6.45) is -2.25. The number of halogens is 4. The van der Waals surface area contributed by atoms with Crippen molar-refractivity contribution in [3.63, 3.8) is 0 Å². The third-order valence-corrected chi connectivity index (χ3v) is 4.10. The third kappa shape index (κ3) is 3.19. The van der Waals surface area contributed by atoms with Gasteiger partial charge in [-0.1, -0.05) is 24.3 Å². The second-order valence-corrected chi connectivity index (χ2v) is 5.23. The van der Waals surface area contributed by atoms with Crippen LogP contribution in [0, 0.1) is 5.92 Å². The van der Waals surface area contributed by atoms with E-state index in [9.17, 15) is 13.2 Å². The van der Waals surface area contributed by atoms with Crippen LogP contribution in [0.2, 0.25) is 0 Å². The quantitative estimate of drug-likeness (QED) is 0.646. The lowest BCUT2D eigenvalue weighted by atomic mass is 9.78. The predicted octanol–water partition coefficient (Wildman–Crippen LogP) is 5.26. The molecule has 1 aliphatic carbocycles. The minimum atomic E-state index is -4.02. The van der Waals surface area contributed by atoms with Gasteiger partial charge in [-0.25, -0.2) is 0 Å². The first-order valence-corrected chi connectivity index (χ1v) is 6.75. The van der Waals surface area contributed by atoms with E-state index in [2.05, 4.69) is 0 Å². The maximum Gasteiger partial charge on any atom is 0.391 e. The molecule has 0 aromatic heterocycles. The first-order chi connectivity index (χ1) is 8.50. The molecule has 2 rings (SSSR count). The van der Waals surface area contributed by atoms with Crippen molar-refractivity contribution in [1.29, 1.82) is 0 Å². The summed E-state index contributed by atoms with van der Waals surface area (Å²) in [6, 6.07) is 7.91. The molecule has 0 N–H and O–H groups in total. The van der Waals surface area contributed by atoms with E-state index in [1.54, 1.807) is 0 Å². The van der Waals surface area contributed by atoms with E-state index in [1.807, 2.05) is 24.3 Å². The minimum Gasteiger partial charge on any atom is -0.171 e. The molecular weight excluding hydrogens is 261 g/mol.